The molecule has 6 aliphatic heterocycles. The fourth-order valence-corrected chi connectivity index (χ4v) is 13.3. The molecule has 6 aliphatic rings. The van der Waals surface area contributed by atoms with Crippen molar-refractivity contribution in [2.75, 3.05) is 125 Å². The number of nitrogens with two attached hydrogens (primary N) is 1. The fraction of sp³-hybridized carbons (Fsp3) is 0.267. The van der Waals surface area contributed by atoms with Gasteiger partial charge in [-0.1, -0.05) is 47.5 Å². The van der Waals surface area contributed by atoms with Crippen LogP contribution in [0.4, 0.5) is 55.1 Å². The minimum absolute atomic E-state index is 0.0275. The molecule has 2 fully saturated rings. The Morgan fingerprint density at radius 1 is 0.632 bits per heavy atom. The number of nitrogen functional groups attached to an aromatic ring is 1. The van der Waals surface area contributed by atoms with Crippen molar-refractivity contribution in [1.82, 2.24) is 29.6 Å². The highest BCUT2D eigenvalue weighted by atomic mass is 35.5. The van der Waals surface area contributed by atoms with Gasteiger partial charge in [0.25, 0.3) is 5.91 Å². The predicted molar refractivity (Wildman–Crippen MR) is 334 cm³/mol. The summed E-state index contributed by atoms with van der Waals surface area (Å²) in [6, 6.07) is 25.3. The maximum absolute atomic E-state index is 13.7. The number of nitrogens with one attached hydrogen (secondary N) is 3. The number of nitrogens with zero attached hydrogens (tertiary/aromatic N) is 10. The zero-order valence-electron chi connectivity index (χ0n) is 46.8. The topological polar surface area (TPSA) is 280 Å². The van der Waals surface area contributed by atoms with Gasteiger partial charge in [0, 0.05) is 89.2 Å². The summed E-state index contributed by atoms with van der Waals surface area (Å²) in [5.74, 6) is -0.215. The molecule has 8 aromatic rings. The molecule has 2 saturated heterocycles. The summed E-state index contributed by atoms with van der Waals surface area (Å²) in [4.78, 5) is 73.7. The van der Waals surface area contributed by atoms with Gasteiger partial charge in [-0.05, 0) is 86.6 Å². The van der Waals surface area contributed by atoms with Gasteiger partial charge in [0.05, 0.1) is 54.7 Å². The Hall–Kier alpha value is -9.02. The number of aromatic carboxylic acids is 1. The first-order chi connectivity index (χ1) is 42.2. The normalized spacial score (nSPS) is 16.1. The number of benzene rings is 4. The van der Waals surface area contributed by atoms with Crippen LogP contribution in [-0.4, -0.2) is 152 Å². The van der Waals surface area contributed by atoms with E-state index >= 15 is 0 Å². The summed E-state index contributed by atoms with van der Waals surface area (Å²) in [6.45, 7) is 11.2. The highest BCUT2D eigenvalue weighted by Gasteiger charge is 2.41. The number of hydrogen-bond donors (Lipinski definition) is 5. The molecule has 14 rings (SSSR count). The maximum Gasteiger partial charge on any atom is 0.348 e. The predicted octanol–water partition coefficient (Wildman–Crippen LogP) is 10.3. The standard InChI is InChI=1S/C30H26ClN7O4S.C17H7ClN4O5S.C13H21N3/c1-36-10-12-37(13-11-36)9-8-17-2-4-19(5-3-17)34-28(39)27-23-22-24(18(14-32)15-33-29(22)43-27)38(30(40)35-23)25-20(31)6-7-21-26(25)42-16-41-21;18-7-1-2-8-13(27-5-26-8)12(7)22-11-6(3-19)4-20-15-9(11)10(21-17(22)25)14(28-15)16(23)24;1-15-8-10-16(11-9-15)7-6-12-2-4-13(14)5-3-12/h2-7,15H,8-13,16H2,1H3,(H,34,39)(H,35,40);1-2,4H,5H2,(H,21,25)(H,23,24);2-5H,6-11,14H2,1H3. The number of thiophene rings is 2. The van der Waals surface area contributed by atoms with Crippen molar-refractivity contribution in [1.29, 1.82) is 10.5 Å². The molecule has 4 aromatic heterocycles. The molecule has 0 atom stereocenters. The first-order valence-electron chi connectivity index (χ1n) is 27.6. The minimum atomic E-state index is -1.20. The first kappa shape index (κ1) is 58.4. The summed E-state index contributed by atoms with van der Waals surface area (Å²) in [5.41, 5.74) is 11.3. The molecule has 27 heteroatoms. The number of fused-ring (bicyclic) bond motifs is 2. The Morgan fingerprint density at radius 2 is 1.07 bits per heavy atom. The number of hydrogen-bond acceptors (Lipinski definition) is 19. The second-order valence-corrected chi connectivity index (χ2v) is 23.8. The third kappa shape index (κ3) is 11.6. The fourth-order valence-electron chi connectivity index (χ4n) is 10.9. The van der Waals surface area contributed by atoms with Crippen LogP contribution in [0.3, 0.4) is 0 Å². The van der Waals surface area contributed by atoms with Gasteiger partial charge in [0.2, 0.25) is 13.6 Å². The van der Waals surface area contributed by atoms with E-state index in [0.717, 1.165) is 80.5 Å². The Balaban J connectivity index is 0.000000143. The van der Waals surface area contributed by atoms with Crippen molar-refractivity contribution >= 4 is 136 Å². The number of urea groups is 2. The molecule has 0 bridgehead atoms. The molecular weight excluding hydrogens is 1200 g/mol. The van der Waals surface area contributed by atoms with Crippen LogP contribution < -0.4 is 50.4 Å². The van der Waals surface area contributed by atoms with Gasteiger partial charge in [0.15, 0.2) is 23.0 Å². The molecule has 0 aliphatic carbocycles. The number of carboxylic acids is 1. The second-order valence-electron chi connectivity index (χ2n) is 21.0. The molecule has 87 heavy (non-hydrogen) atoms. The van der Waals surface area contributed by atoms with Crippen LogP contribution in [-0.2, 0) is 12.8 Å². The van der Waals surface area contributed by atoms with Gasteiger partial charge in [-0.15, -0.1) is 22.7 Å². The zero-order valence-corrected chi connectivity index (χ0v) is 50.0. The number of carbonyl (C=O) groups is 4. The van der Waals surface area contributed by atoms with E-state index in [2.05, 4.69) is 77.8 Å². The van der Waals surface area contributed by atoms with Crippen LogP contribution in [0.15, 0.2) is 85.2 Å². The number of likely N-dealkylation sites (N-methyl/N-ethyl adjacent to an activating group) is 2. The summed E-state index contributed by atoms with van der Waals surface area (Å²) in [6.07, 6.45) is 4.75. The van der Waals surface area contributed by atoms with Gasteiger partial charge in [-0.3, -0.25) is 14.6 Å². The van der Waals surface area contributed by atoms with Gasteiger partial charge < -0.3 is 65.3 Å². The number of rotatable bonds is 11. The van der Waals surface area contributed by atoms with E-state index in [-0.39, 0.29) is 78.7 Å². The monoisotopic (exact) mass is 1250 g/mol. The number of carboxylic acid groups (broad SMARTS) is 1. The molecule has 0 radical (unpaired) electrons. The molecule has 444 valence electrons. The highest BCUT2D eigenvalue weighted by molar-refractivity contribution is 7.21. The SMILES string of the molecule is CN1CCN(CCc2ccc(N)cc2)CC1.CN1CCN(CCc2ccc(NC(=O)c3sc4ncc(C#N)c5c4c3NC(=O)N5c3c(Cl)ccc4c3OCO4)cc2)CC1.N#Cc1cnc2sc(C(=O)O)c3c2c1N(c1c(Cl)ccc2c1OCO2)C(=O)N3. The van der Waals surface area contributed by atoms with E-state index in [4.69, 9.17) is 47.9 Å². The lowest BCUT2D eigenvalue weighted by Gasteiger charge is -2.32. The van der Waals surface area contributed by atoms with Crippen molar-refractivity contribution in [2.24, 2.45) is 0 Å². The molecule has 4 aromatic carbocycles. The number of pyridine rings is 2. The lowest BCUT2D eigenvalue weighted by atomic mass is 10.1. The molecule has 6 N–H and O–H groups in total. The van der Waals surface area contributed by atoms with Gasteiger partial charge in [-0.25, -0.2) is 24.4 Å². The summed E-state index contributed by atoms with van der Waals surface area (Å²) < 4.78 is 22.0. The van der Waals surface area contributed by atoms with E-state index in [9.17, 15) is 34.8 Å². The molecule has 0 spiro atoms. The summed E-state index contributed by atoms with van der Waals surface area (Å²) in [7, 11) is 4.34. The van der Waals surface area contributed by atoms with Gasteiger partial charge >= 0.3 is 18.0 Å². The molecule has 0 saturated carbocycles. The van der Waals surface area contributed by atoms with Crippen molar-refractivity contribution in [2.45, 2.75) is 12.8 Å². The Bertz CT molecular complexity index is 4140. The van der Waals surface area contributed by atoms with E-state index in [0.29, 0.717) is 49.1 Å². The van der Waals surface area contributed by atoms with Crippen LogP contribution in [0.1, 0.15) is 41.6 Å². The third-order valence-electron chi connectivity index (χ3n) is 15.5. The minimum Gasteiger partial charge on any atom is -0.477 e. The smallest absolute Gasteiger partial charge is 0.348 e. The number of aromatic nitrogens is 2. The van der Waals surface area contributed by atoms with Crippen LogP contribution in [0, 0.1) is 22.7 Å². The largest absolute Gasteiger partial charge is 0.477 e. The molecular formula is C60H54Cl2N14O9S2. The first-order valence-corrected chi connectivity index (χ1v) is 29.9. The molecule has 0 unspecified atom stereocenters. The van der Waals surface area contributed by atoms with Crippen molar-refractivity contribution < 1.29 is 43.2 Å². The van der Waals surface area contributed by atoms with Crippen LogP contribution in [0.25, 0.3) is 20.4 Å². The van der Waals surface area contributed by atoms with Crippen molar-refractivity contribution in [3.63, 3.8) is 0 Å². The van der Waals surface area contributed by atoms with Gasteiger partial charge in [0.1, 0.15) is 42.9 Å². The van der Waals surface area contributed by atoms with Crippen molar-refractivity contribution in [3.05, 3.63) is 127 Å². The molecule has 23 nitrogen and oxygen atoms in total. The van der Waals surface area contributed by atoms with Crippen LogP contribution in [0.5, 0.6) is 23.0 Å². The second kappa shape index (κ2) is 24.8. The number of piperazine rings is 2. The van der Waals surface area contributed by atoms with E-state index in [1.165, 1.54) is 59.5 Å². The number of ether oxygens (including phenoxy) is 4. The average Bonchev–Trinajstić information content (AvgIpc) is 1.74. The number of nitriles is 2. The van der Waals surface area contributed by atoms with Crippen molar-refractivity contribution in [3.8, 4) is 35.1 Å². The lowest BCUT2D eigenvalue weighted by Crippen LogP contribution is -2.45. The lowest BCUT2D eigenvalue weighted by molar-refractivity contribution is 0.0702. The van der Waals surface area contributed by atoms with Gasteiger partial charge in [-0.2, -0.15) is 10.5 Å². The number of carbonyl (C=O) groups excluding carboxylic acids is 3. The number of amides is 5. The number of halogens is 2. The Morgan fingerprint density at radius 3 is 1.52 bits per heavy atom. The quantitative estimate of drug-likeness (QED) is 0.0753. The maximum atomic E-state index is 13.7. The van der Waals surface area contributed by atoms with E-state index < -0.39 is 23.9 Å². The summed E-state index contributed by atoms with van der Waals surface area (Å²) in [5, 5.41) is 38.7. The van der Waals surface area contributed by atoms with E-state index in [1.807, 2.05) is 42.5 Å². The zero-order chi connectivity index (χ0) is 60.6. The van der Waals surface area contributed by atoms with Crippen LogP contribution in [0.2, 0.25) is 10.0 Å². The summed E-state index contributed by atoms with van der Waals surface area (Å²) >= 11 is 15.0. The third-order valence-corrected chi connectivity index (χ3v) is 18.3. The molecule has 10 heterocycles. The molecule has 5 amide bonds. The average molecular weight is 1250 g/mol. The number of anilines is 8. The van der Waals surface area contributed by atoms with Crippen LogP contribution >= 0.6 is 45.9 Å². The van der Waals surface area contributed by atoms with E-state index in [1.54, 1.807) is 24.3 Å². The highest BCUT2D eigenvalue weighted by Crippen LogP contribution is 2.55. The Labute approximate surface area is 516 Å². The Kier molecular flexibility index (Phi) is 16.6.